The fourth-order valence-corrected chi connectivity index (χ4v) is 2.74. The SMILES string of the molecule is CCn1cc(CS(=O)C[C@H](NC(C)=O)C(=O)O)cn1. The summed E-state index contributed by atoms with van der Waals surface area (Å²) in [5, 5.41) is 15.2. The number of carboxylic acids is 1. The van der Waals surface area contributed by atoms with E-state index in [1.165, 1.54) is 6.92 Å². The number of carbonyl (C=O) groups is 2. The van der Waals surface area contributed by atoms with Crippen molar-refractivity contribution in [2.24, 2.45) is 0 Å². The number of aliphatic carboxylic acids is 1. The topological polar surface area (TPSA) is 101 Å². The number of aryl methyl sites for hydroxylation is 1. The Hall–Kier alpha value is -1.70. The standard InChI is InChI=1S/C11H17N3O4S/c1-3-14-5-9(4-12-14)6-19(18)7-10(11(16)17)13-8(2)15/h4-5,10H,3,6-7H2,1-2H3,(H,13,15)(H,16,17)/t10-,19?/m0/s1. The molecule has 1 heterocycles. The van der Waals surface area contributed by atoms with Crippen LogP contribution in [0.2, 0.25) is 0 Å². The minimum absolute atomic E-state index is 0.119. The highest BCUT2D eigenvalue weighted by molar-refractivity contribution is 7.84. The van der Waals surface area contributed by atoms with Gasteiger partial charge in [-0.2, -0.15) is 5.10 Å². The Morgan fingerprint density at radius 3 is 2.74 bits per heavy atom. The number of carbonyl (C=O) groups excluding carboxylic acids is 1. The first-order valence-corrected chi connectivity index (χ1v) is 7.27. The highest BCUT2D eigenvalue weighted by Gasteiger charge is 2.21. The predicted octanol–water partition coefficient (Wildman–Crippen LogP) is -0.259. The van der Waals surface area contributed by atoms with Crippen molar-refractivity contribution >= 4 is 22.7 Å². The maximum atomic E-state index is 11.9. The molecule has 19 heavy (non-hydrogen) atoms. The highest BCUT2D eigenvalue weighted by atomic mass is 32.2. The summed E-state index contributed by atoms with van der Waals surface area (Å²) >= 11 is 0. The van der Waals surface area contributed by atoms with Crippen molar-refractivity contribution in [3.05, 3.63) is 18.0 Å². The number of aromatic nitrogens is 2. The molecule has 0 fully saturated rings. The number of nitrogens with zero attached hydrogens (tertiary/aromatic N) is 2. The molecular formula is C11H17N3O4S. The minimum Gasteiger partial charge on any atom is -0.480 e. The molecule has 0 spiro atoms. The molecule has 106 valence electrons. The molecule has 0 aliphatic heterocycles. The molecule has 1 rings (SSSR count). The summed E-state index contributed by atoms with van der Waals surface area (Å²) in [7, 11) is -1.38. The van der Waals surface area contributed by atoms with E-state index in [9.17, 15) is 13.8 Å². The number of nitrogens with one attached hydrogen (secondary N) is 1. The summed E-state index contributed by atoms with van der Waals surface area (Å²) in [6.07, 6.45) is 3.38. The van der Waals surface area contributed by atoms with Gasteiger partial charge in [0.15, 0.2) is 0 Å². The Kier molecular flexibility index (Phi) is 5.68. The average molecular weight is 287 g/mol. The Morgan fingerprint density at radius 2 is 2.26 bits per heavy atom. The maximum absolute atomic E-state index is 11.9. The van der Waals surface area contributed by atoms with E-state index in [0.717, 1.165) is 12.1 Å². The largest absolute Gasteiger partial charge is 0.480 e. The first-order valence-electron chi connectivity index (χ1n) is 5.78. The second-order valence-corrected chi connectivity index (χ2v) is 5.55. The van der Waals surface area contributed by atoms with Crippen LogP contribution in [0.15, 0.2) is 12.4 Å². The van der Waals surface area contributed by atoms with Crippen LogP contribution in [-0.2, 0) is 32.7 Å². The molecular weight excluding hydrogens is 270 g/mol. The van der Waals surface area contributed by atoms with Crippen LogP contribution in [0.5, 0.6) is 0 Å². The quantitative estimate of drug-likeness (QED) is 0.719. The summed E-state index contributed by atoms with van der Waals surface area (Å²) in [5.74, 6) is -1.54. The van der Waals surface area contributed by atoms with Gasteiger partial charge in [-0.05, 0) is 6.92 Å². The number of rotatable bonds is 7. The Labute approximate surface area is 113 Å². The molecule has 0 aliphatic rings. The third-order valence-electron chi connectivity index (χ3n) is 2.37. The third-order valence-corrected chi connectivity index (χ3v) is 3.73. The van der Waals surface area contributed by atoms with Gasteiger partial charge in [-0.15, -0.1) is 0 Å². The van der Waals surface area contributed by atoms with E-state index in [4.69, 9.17) is 5.11 Å². The second kappa shape index (κ2) is 7.03. The van der Waals surface area contributed by atoms with E-state index < -0.39 is 28.7 Å². The van der Waals surface area contributed by atoms with E-state index in [0.29, 0.717) is 0 Å². The molecule has 1 aromatic heterocycles. The van der Waals surface area contributed by atoms with E-state index in [-0.39, 0.29) is 11.5 Å². The molecule has 8 heteroatoms. The van der Waals surface area contributed by atoms with Crippen LogP contribution in [-0.4, -0.2) is 42.8 Å². The molecule has 0 aliphatic carbocycles. The van der Waals surface area contributed by atoms with Crippen molar-refractivity contribution in [2.45, 2.75) is 32.2 Å². The van der Waals surface area contributed by atoms with Crippen LogP contribution in [0.25, 0.3) is 0 Å². The fourth-order valence-electron chi connectivity index (χ4n) is 1.50. The number of hydrogen-bond acceptors (Lipinski definition) is 4. The molecule has 0 saturated carbocycles. The van der Waals surface area contributed by atoms with E-state index in [2.05, 4.69) is 10.4 Å². The van der Waals surface area contributed by atoms with Gasteiger partial charge in [-0.25, -0.2) is 4.79 Å². The molecule has 1 unspecified atom stereocenters. The minimum atomic E-state index is -1.38. The summed E-state index contributed by atoms with van der Waals surface area (Å²) < 4.78 is 13.6. The van der Waals surface area contributed by atoms with Gasteiger partial charge in [0, 0.05) is 36.0 Å². The smallest absolute Gasteiger partial charge is 0.327 e. The van der Waals surface area contributed by atoms with Gasteiger partial charge in [-0.3, -0.25) is 13.7 Å². The van der Waals surface area contributed by atoms with Crippen LogP contribution >= 0.6 is 0 Å². The molecule has 1 amide bonds. The third kappa shape index (κ3) is 5.21. The lowest BCUT2D eigenvalue weighted by atomic mass is 10.3. The molecule has 0 aromatic carbocycles. The van der Waals surface area contributed by atoms with Crippen molar-refractivity contribution < 1.29 is 18.9 Å². The van der Waals surface area contributed by atoms with Gasteiger partial charge < -0.3 is 10.4 Å². The van der Waals surface area contributed by atoms with E-state index in [1.807, 2.05) is 6.92 Å². The summed E-state index contributed by atoms with van der Waals surface area (Å²) in [6.45, 7) is 3.88. The molecule has 0 bridgehead atoms. The Morgan fingerprint density at radius 1 is 1.58 bits per heavy atom. The van der Waals surface area contributed by atoms with Crippen LogP contribution in [0.4, 0.5) is 0 Å². The summed E-state index contributed by atoms with van der Waals surface area (Å²) in [5.41, 5.74) is 0.784. The van der Waals surface area contributed by atoms with Gasteiger partial charge in [-0.1, -0.05) is 0 Å². The Balaban J connectivity index is 2.57. The van der Waals surface area contributed by atoms with Gasteiger partial charge in [0.05, 0.1) is 17.7 Å². The zero-order valence-corrected chi connectivity index (χ0v) is 11.6. The van der Waals surface area contributed by atoms with Crippen molar-refractivity contribution in [1.29, 1.82) is 0 Å². The predicted molar refractivity (Wildman–Crippen MR) is 69.9 cm³/mol. The lowest BCUT2D eigenvalue weighted by Gasteiger charge is -2.12. The van der Waals surface area contributed by atoms with Crippen LogP contribution in [0.3, 0.4) is 0 Å². The zero-order chi connectivity index (χ0) is 14.4. The highest BCUT2D eigenvalue weighted by Crippen LogP contribution is 2.04. The number of carboxylic acid groups (broad SMARTS) is 1. The van der Waals surface area contributed by atoms with Crippen LogP contribution in [0, 0.1) is 0 Å². The second-order valence-electron chi connectivity index (χ2n) is 4.05. The zero-order valence-electron chi connectivity index (χ0n) is 10.8. The van der Waals surface area contributed by atoms with E-state index in [1.54, 1.807) is 17.1 Å². The van der Waals surface area contributed by atoms with Crippen molar-refractivity contribution in [1.82, 2.24) is 15.1 Å². The molecule has 1 aromatic rings. The molecule has 2 N–H and O–H groups in total. The molecule has 2 atom stereocenters. The van der Waals surface area contributed by atoms with Gasteiger partial charge >= 0.3 is 5.97 Å². The van der Waals surface area contributed by atoms with Gasteiger partial charge in [0.2, 0.25) is 5.91 Å². The first-order chi connectivity index (χ1) is 8.92. The molecule has 7 nitrogen and oxygen atoms in total. The van der Waals surface area contributed by atoms with Gasteiger partial charge in [0.1, 0.15) is 6.04 Å². The summed E-state index contributed by atoms with van der Waals surface area (Å²) in [6, 6.07) is -1.13. The molecule has 0 radical (unpaired) electrons. The first kappa shape index (κ1) is 15.4. The van der Waals surface area contributed by atoms with Crippen LogP contribution < -0.4 is 5.32 Å². The van der Waals surface area contributed by atoms with Gasteiger partial charge in [0.25, 0.3) is 0 Å². The Bertz CT molecular complexity index is 486. The maximum Gasteiger partial charge on any atom is 0.327 e. The van der Waals surface area contributed by atoms with E-state index >= 15 is 0 Å². The fraction of sp³-hybridized carbons (Fsp3) is 0.545. The lowest BCUT2D eigenvalue weighted by molar-refractivity contribution is -0.140. The van der Waals surface area contributed by atoms with Crippen molar-refractivity contribution in [3.8, 4) is 0 Å². The lowest BCUT2D eigenvalue weighted by Crippen LogP contribution is -2.43. The van der Waals surface area contributed by atoms with Crippen molar-refractivity contribution in [3.63, 3.8) is 0 Å². The summed E-state index contributed by atoms with van der Waals surface area (Å²) in [4.78, 5) is 21.8. The normalized spacial score (nSPS) is 13.8. The molecule has 0 saturated heterocycles. The number of amides is 1. The van der Waals surface area contributed by atoms with Crippen LogP contribution in [0.1, 0.15) is 19.4 Å². The average Bonchev–Trinajstić information content (AvgIpc) is 2.75. The number of hydrogen-bond donors (Lipinski definition) is 2. The monoisotopic (exact) mass is 287 g/mol. The van der Waals surface area contributed by atoms with Crippen molar-refractivity contribution in [2.75, 3.05) is 5.75 Å².